The normalized spacial score (nSPS) is 8.00. The summed E-state index contributed by atoms with van der Waals surface area (Å²) in [6.07, 6.45) is 0. The lowest BCUT2D eigenvalue weighted by molar-refractivity contribution is 0.394. The smallest absolute Gasteiger partial charge is 0.122 e. The van der Waals surface area contributed by atoms with Gasteiger partial charge >= 0.3 is 0 Å². The van der Waals surface area contributed by atoms with E-state index in [4.69, 9.17) is 9.47 Å². The minimum absolute atomic E-state index is 0.819. The molecule has 0 aliphatic carbocycles. The van der Waals surface area contributed by atoms with Crippen molar-refractivity contribution in [3.05, 3.63) is 24.3 Å². The van der Waals surface area contributed by atoms with Crippen LogP contribution in [0.3, 0.4) is 0 Å². The van der Waals surface area contributed by atoms with Gasteiger partial charge in [0.2, 0.25) is 0 Å². The Morgan fingerprint density at radius 3 is 1.75 bits per heavy atom. The van der Waals surface area contributed by atoms with E-state index in [0.717, 1.165) is 11.5 Å². The maximum Gasteiger partial charge on any atom is 0.122 e. The summed E-state index contributed by atoms with van der Waals surface area (Å²) in [4.78, 5) is 0. The molecule has 0 amide bonds. The van der Waals surface area contributed by atoms with Crippen LogP contribution >= 0.6 is 0 Å². The third-order valence-electron chi connectivity index (χ3n) is 1.28. The molecule has 0 aliphatic rings. The highest BCUT2D eigenvalue weighted by Gasteiger charge is 1.91. The number of nitrogens with two attached hydrogens (primary N) is 1. The fraction of sp³-hybridized carbons (Fsp3) is 0.333. The van der Waals surface area contributed by atoms with Gasteiger partial charge in [-0.1, -0.05) is 6.07 Å². The zero-order valence-electron chi connectivity index (χ0n) is 7.70. The molecule has 0 bridgehead atoms. The molecule has 0 fully saturated rings. The molecule has 0 saturated carbocycles. The molecular formula is C9H15NO2. The molecule has 0 spiro atoms. The van der Waals surface area contributed by atoms with E-state index in [1.165, 1.54) is 7.05 Å². The van der Waals surface area contributed by atoms with E-state index in [-0.39, 0.29) is 0 Å². The van der Waals surface area contributed by atoms with Crippen LogP contribution in [0.1, 0.15) is 0 Å². The molecule has 3 heteroatoms. The van der Waals surface area contributed by atoms with Gasteiger partial charge in [-0.3, -0.25) is 0 Å². The van der Waals surface area contributed by atoms with E-state index in [0.29, 0.717) is 0 Å². The molecule has 1 rings (SSSR count). The van der Waals surface area contributed by atoms with Gasteiger partial charge in [0.25, 0.3) is 0 Å². The van der Waals surface area contributed by atoms with Crippen LogP contribution in [0.5, 0.6) is 11.5 Å². The molecule has 0 aromatic heterocycles. The van der Waals surface area contributed by atoms with E-state index in [9.17, 15) is 0 Å². The van der Waals surface area contributed by atoms with E-state index in [1.54, 1.807) is 14.2 Å². The van der Waals surface area contributed by atoms with Gasteiger partial charge in [-0.25, -0.2) is 0 Å². The van der Waals surface area contributed by atoms with Crippen molar-refractivity contribution in [3.8, 4) is 11.5 Å². The Morgan fingerprint density at radius 2 is 1.42 bits per heavy atom. The largest absolute Gasteiger partial charge is 0.497 e. The molecular weight excluding hydrogens is 154 g/mol. The van der Waals surface area contributed by atoms with Crippen molar-refractivity contribution in [2.45, 2.75) is 0 Å². The van der Waals surface area contributed by atoms with Crippen LogP contribution in [-0.4, -0.2) is 21.3 Å². The molecule has 0 atom stereocenters. The zero-order valence-corrected chi connectivity index (χ0v) is 7.70. The van der Waals surface area contributed by atoms with Gasteiger partial charge < -0.3 is 15.2 Å². The van der Waals surface area contributed by atoms with Crippen molar-refractivity contribution in [2.75, 3.05) is 21.3 Å². The topological polar surface area (TPSA) is 44.5 Å². The molecule has 0 heterocycles. The van der Waals surface area contributed by atoms with Crippen LogP contribution in [0.25, 0.3) is 0 Å². The third-order valence-corrected chi connectivity index (χ3v) is 1.28. The second-order valence-electron chi connectivity index (χ2n) is 1.88. The lowest BCUT2D eigenvalue weighted by Crippen LogP contribution is -1.84. The first-order valence-electron chi connectivity index (χ1n) is 3.62. The Labute approximate surface area is 73.1 Å². The van der Waals surface area contributed by atoms with Gasteiger partial charge in [0, 0.05) is 6.07 Å². The van der Waals surface area contributed by atoms with Crippen LogP contribution in [0.4, 0.5) is 0 Å². The summed E-state index contributed by atoms with van der Waals surface area (Å²) in [5.41, 5.74) is 4.50. The molecule has 68 valence electrons. The highest BCUT2D eigenvalue weighted by atomic mass is 16.5. The van der Waals surface area contributed by atoms with Gasteiger partial charge in [0.05, 0.1) is 14.2 Å². The molecule has 0 radical (unpaired) electrons. The Bertz CT molecular complexity index is 194. The summed E-state index contributed by atoms with van der Waals surface area (Å²) in [6, 6.07) is 7.47. The van der Waals surface area contributed by atoms with E-state index < -0.39 is 0 Å². The molecule has 0 unspecified atom stereocenters. The number of benzene rings is 1. The predicted molar refractivity (Wildman–Crippen MR) is 49.7 cm³/mol. The van der Waals surface area contributed by atoms with E-state index in [2.05, 4.69) is 5.73 Å². The molecule has 3 nitrogen and oxygen atoms in total. The first kappa shape index (κ1) is 10.8. The van der Waals surface area contributed by atoms with Crippen molar-refractivity contribution < 1.29 is 9.47 Å². The highest BCUT2D eigenvalue weighted by molar-refractivity contribution is 5.32. The summed E-state index contributed by atoms with van der Waals surface area (Å²) >= 11 is 0. The fourth-order valence-electron chi connectivity index (χ4n) is 0.728. The first-order valence-corrected chi connectivity index (χ1v) is 3.62. The average Bonchev–Trinajstić information content (AvgIpc) is 2.21. The monoisotopic (exact) mass is 169 g/mol. The number of hydrogen-bond acceptors (Lipinski definition) is 3. The number of rotatable bonds is 2. The summed E-state index contributed by atoms with van der Waals surface area (Å²) in [5.74, 6) is 1.64. The van der Waals surface area contributed by atoms with Gasteiger partial charge in [-0.05, 0) is 19.2 Å². The minimum Gasteiger partial charge on any atom is -0.497 e. The van der Waals surface area contributed by atoms with Crippen LogP contribution in [0.2, 0.25) is 0 Å². The second kappa shape index (κ2) is 6.49. The molecule has 2 N–H and O–H groups in total. The zero-order chi connectivity index (χ0) is 9.40. The van der Waals surface area contributed by atoms with E-state index in [1.807, 2.05) is 24.3 Å². The molecule has 12 heavy (non-hydrogen) atoms. The van der Waals surface area contributed by atoms with Crippen molar-refractivity contribution in [1.29, 1.82) is 0 Å². The summed E-state index contributed by atoms with van der Waals surface area (Å²) < 4.78 is 9.95. The van der Waals surface area contributed by atoms with Crippen LogP contribution < -0.4 is 15.2 Å². The predicted octanol–water partition coefficient (Wildman–Crippen LogP) is 1.28. The second-order valence-corrected chi connectivity index (χ2v) is 1.88. The Hall–Kier alpha value is -1.22. The van der Waals surface area contributed by atoms with Crippen LogP contribution in [0, 0.1) is 0 Å². The Morgan fingerprint density at radius 1 is 1.00 bits per heavy atom. The number of ether oxygens (including phenoxy) is 2. The first-order chi connectivity index (χ1) is 5.86. The molecule has 1 aromatic rings. The van der Waals surface area contributed by atoms with Crippen molar-refractivity contribution in [2.24, 2.45) is 5.73 Å². The van der Waals surface area contributed by atoms with Gasteiger partial charge in [0.15, 0.2) is 0 Å². The summed E-state index contributed by atoms with van der Waals surface area (Å²) in [5, 5.41) is 0. The Balaban J connectivity index is 0.000000561. The van der Waals surface area contributed by atoms with Crippen molar-refractivity contribution >= 4 is 0 Å². The standard InChI is InChI=1S/C8H10O2.CH5N/c1-9-7-4-3-5-8(6-7)10-2;1-2/h3-6H,1-2H3;2H2,1H3. The minimum atomic E-state index is 0.819. The van der Waals surface area contributed by atoms with E-state index >= 15 is 0 Å². The fourth-order valence-corrected chi connectivity index (χ4v) is 0.728. The third kappa shape index (κ3) is 3.25. The molecule has 0 aliphatic heterocycles. The maximum absolute atomic E-state index is 4.98. The van der Waals surface area contributed by atoms with Crippen LogP contribution in [0.15, 0.2) is 24.3 Å². The highest BCUT2D eigenvalue weighted by Crippen LogP contribution is 2.17. The van der Waals surface area contributed by atoms with Gasteiger partial charge in [-0.15, -0.1) is 0 Å². The lowest BCUT2D eigenvalue weighted by atomic mass is 10.3. The van der Waals surface area contributed by atoms with Crippen molar-refractivity contribution in [1.82, 2.24) is 0 Å². The Kier molecular flexibility index (Phi) is 5.83. The maximum atomic E-state index is 4.98. The number of methoxy groups -OCH3 is 2. The molecule has 0 saturated heterocycles. The molecule has 1 aromatic carbocycles. The van der Waals surface area contributed by atoms with Crippen molar-refractivity contribution in [3.63, 3.8) is 0 Å². The average molecular weight is 169 g/mol. The van der Waals surface area contributed by atoms with Gasteiger partial charge in [-0.2, -0.15) is 0 Å². The lowest BCUT2D eigenvalue weighted by Gasteiger charge is -2.01. The number of hydrogen-bond donors (Lipinski definition) is 1. The SMILES string of the molecule is CN.COc1cccc(OC)c1. The van der Waals surface area contributed by atoms with Crippen LogP contribution in [-0.2, 0) is 0 Å². The summed E-state index contributed by atoms with van der Waals surface area (Å²) in [6.45, 7) is 0. The van der Waals surface area contributed by atoms with Gasteiger partial charge in [0.1, 0.15) is 11.5 Å². The quantitative estimate of drug-likeness (QED) is 0.725. The summed E-state index contributed by atoms with van der Waals surface area (Å²) in [7, 11) is 4.77.